The Morgan fingerprint density at radius 2 is 2.22 bits per heavy atom. The molecule has 1 atom stereocenters. The number of benzene rings is 1. The van der Waals surface area contributed by atoms with Crippen LogP contribution < -0.4 is 5.73 Å². The molecule has 1 unspecified atom stereocenters. The summed E-state index contributed by atoms with van der Waals surface area (Å²) in [6, 6.07) is 8.05. The molecule has 1 aliphatic rings. The topological polar surface area (TPSA) is 69.6 Å². The average molecular weight is 243 g/mol. The fourth-order valence-electron chi connectivity index (χ4n) is 2.46. The number of hydrogen-bond acceptors (Lipinski definition) is 4. The van der Waals surface area contributed by atoms with Crippen molar-refractivity contribution in [3.63, 3.8) is 0 Å². The molecule has 1 saturated carbocycles. The number of anilines is 1. The largest absolute Gasteiger partial charge is 0.399 e. The highest BCUT2D eigenvalue weighted by atomic mass is 15.5. The fourth-order valence-corrected chi connectivity index (χ4v) is 2.46. The van der Waals surface area contributed by atoms with Gasteiger partial charge in [0, 0.05) is 11.3 Å². The fraction of sp³-hybridized carbons (Fsp3) is 0.462. The summed E-state index contributed by atoms with van der Waals surface area (Å²) in [6.07, 6.45) is 3.87. The Labute approximate surface area is 106 Å². The number of rotatable bonds is 3. The maximum Gasteiger partial charge on any atom is 0.182 e. The summed E-state index contributed by atoms with van der Waals surface area (Å²) in [5.41, 5.74) is 7.52. The molecule has 1 aromatic carbocycles. The van der Waals surface area contributed by atoms with Crippen LogP contribution in [0.15, 0.2) is 24.3 Å². The number of aromatic nitrogens is 4. The van der Waals surface area contributed by atoms with Crippen molar-refractivity contribution in [1.82, 2.24) is 20.2 Å². The van der Waals surface area contributed by atoms with Gasteiger partial charge >= 0.3 is 0 Å². The van der Waals surface area contributed by atoms with Crippen LogP contribution in [0.25, 0.3) is 11.4 Å². The number of nitrogen functional groups attached to an aromatic ring is 1. The standard InChI is InChI=1S/C13H17N5/c1-9(10-4-2-5-10)18-13(15-16-17-18)11-6-3-7-12(14)8-11/h3,6-10H,2,4-5,14H2,1H3. The van der Waals surface area contributed by atoms with Crippen LogP contribution in [0.5, 0.6) is 0 Å². The molecule has 1 fully saturated rings. The van der Waals surface area contributed by atoms with E-state index in [4.69, 9.17) is 5.73 Å². The second-order valence-electron chi connectivity index (χ2n) is 5.00. The van der Waals surface area contributed by atoms with E-state index in [-0.39, 0.29) is 0 Å². The van der Waals surface area contributed by atoms with E-state index >= 15 is 0 Å². The minimum absolute atomic E-state index is 0.352. The van der Waals surface area contributed by atoms with Crippen molar-refractivity contribution in [2.45, 2.75) is 32.2 Å². The Bertz CT molecular complexity index is 544. The van der Waals surface area contributed by atoms with Crippen LogP contribution in [0, 0.1) is 5.92 Å². The highest BCUT2D eigenvalue weighted by Crippen LogP contribution is 2.37. The molecule has 2 aromatic rings. The van der Waals surface area contributed by atoms with Gasteiger partial charge in [0.05, 0.1) is 6.04 Å². The average Bonchev–Trinajstić information content (AvgIpc) is 2.75. The molecular weight excluding hydrogens is 226 g/mol. The molecule has 1 aliphatic carbocycles. The van der Waals surface area contributed by atoms with E-state index in [0.717, 1.165) is 17.1 Å². The normalized spacial score (nSPS) is 17.4. The van der Waals surface area contributed by atoms with Gasteiger partial charge in [0.15, 0.2) is 5.82 Å². The molecule has 0 aliphatic heterocycles. The molecule has 3 rings (SSSR count). The predicted octanol–water partition coefficient (Wildman–Crippen LogP) is 2.28. The van der Waals surface area contributed by atoms with Crippen molar-refractivity contribution < 1.29 is 0 Å². The van der Waals surface area contributed by atoms with Gasteiger partial charge in [0.25, 0.3) is 0 Å². The first kappa shape index (κ1) is 11.2. The van der Waals surface area contributed by atoms with Gasteiger partial charge in [-0.1, -0.05) is 18.6 Å². The molecule has 0 bridgehead atoms. The third kappa shape index (κ3) is 1.85. The summed E-state index contributed by atoms with van der Waals surface area (Å²) >= 11 is 0. The SMILES string of the molecule is CC(C1CCC1)n1nnnc1-c1cccc(N)c1. The number of nitrogens with two attached hydrogens (primary N) is 1. The van der Waals surface area contributed by atoms with E-state index in [1.54, 1.807) is 0 Å². The molecule has 2 N–H and O–H groups in total. The summed E-state index contributed by atoms with van der Waals surface area (Å²) in [7, 11) is 0. The zero-order chi connectivity index (χ0) is 12.5. The molecule has 5 nitrogen and oxygen atoms in total. The van der Waals surface area contributed by atoms with Gasteiger partial charge < -0.3 is 5.73 Å². The zero-order valence-corrected chi connectivity index (χ0v) is 10.5. The van der Waals surface area contributed by atoms with Gasteiger partial charge in [-0.05, 0) is 48.2 Å². The molecule has 18 heavy (non-hydrogen) atoms. The Morgan fingerprint density at radius 1 is 1.39 bits per heavy atom. The Balaban J connectivity index is 1.95. The van der Waals surface area contributed by atoms with Crippen molar-refractivity contribution >= 4 is 5.69 Å². The van der Waals surface area contributed by atoms with Crippen molar-refractivity contribution in [3.8, 4) is 11.4 Å². The molecule has 1 aromatic heterocycles. The van der Waals surface area contributed by atoms with E-state index in [9.17, 15) is 0 Å². The maximum absolute atomic E-state index is 5.81. The highest BCUT2D eigenvalue weighted by molar-refractivity contribution is 5.60. The first-order valence-corrected chi connectivity index (χ1v) is 6.39. The lowest BCUT2D eigenvalue weighted by molar-refractivity contribution is 0.210. The smallest absolute Gasteiger partial charge is 0.182 e. The first-order valence-electron chi connectivity index (χ1n) is 6.39. The van der Waals surface area contributed by atoms with Gasteiger partial charge in [0.1, 0.15) is 0 Å². The van der Waals surface area contributed by atoms with Gasteiger partial charge in [0.2, 0.25) is 0 Å². The molecular formula is C13H17N5. The molecule has 0 spiro atoms. The summed E-state index contributed by atoms with van der Waals surface area (Å²) < 4.78 is 1.93. The van der Waals surface area contributed by atoms with E-state index in [0.29, 0.717) is 12.0 Å². The minimum atomic E-state index is 0.352. The van der Waals surface area contributed by atoms with Gasteiger partial charge in [-0.15, -0.1) is 5.10 Å². The van der Waals surface area contributed by atoms with Crippen LogP contribution in [-0.2, 0) is 0 Å². The van der Waals surface area contributed by atoms with Crippen molar-refractivity contribution in [2.75, 3.05) is 5.73 Å². The number of nitrogens with zero attached hydrogens (tertiary/aromatic N) is 4. The van der Waals surface area contributed by atoms with Crippen LogP contribution in [0.4, 0.5) is 5.69 Å². The lowest BCUT2D eigenvalue weighted by atomic mass is 9.80. The van der Waals surface area contributed by atoms with E-state index in [1.807, 2.05) is 28.9 Å². The minimum Gasteiger partial charge on any atom is -0.399 e. The van der Waals surface area contributed by atoms with Gasteiger partial charge in [-0.3, -0.25) is 0 Å². The second-order valence-corrected chi connectivity index (χ2v) is 5.00. The molecule has 0 amide bonds. The Hall–Kier alpha value is -1.91. The second kappa shape index (κ2) is 4.40. The van der Waals surface area contributed by atoms with Crippen molar-refractivity contribution in [2.24, 2.45) is 5.92 Å². The Morgan fingerprint density at radius 3 is 2.89 bits per heavy atom. The molecule has 5 heteroatoms. The van der Waals surface area contributed by atoms with Crippen LogP contribution in [-0.4, -0.2) is 20.2 Å². The first-order chi connectivity index (χ1) is 8.75. The van der Waals surface area contributed by atoms with E-state index < -0.39 is 0 Å². The summed E-state index contributed by atoms with van der Waals surface area (Å²) in [5.74, 6) is 1.51. The Kier molecular flexibility index (Phi) is 2.74. The number of tetrazole rings is 1. The zero-order valence-electron chi connectivity index (χ0n) is 10.5. The van der Waals surface area contributed by atoms with Gasteiger partial charge in [-0.25, -0.2) is 4.68 Å². The van der Waals surface area contributed by atoms with Crippen LogP contribution in [0.1, 0.15) is 32.2 Å². The van der Waals surface area contributed by atoms with Crippen molar-refractivity contribution in [3.05, 3.63) is 24.3 Å². The summed E-state index contributed by atoms with van der Waals surface area (Å²) in [5, 5.41) is 12.1. The molecule has 0 saturated heterocycles. The third-order valence-electron chi connectivity index (χ3n) is 3.86. The monoisotopic (exact) mass is 243 g/mol. The lowest BCUT2D eigenvalue weighted by Gasteiger charge is -2.31. The quantitative estimate of drug-likeness (QED) is 0.840. The number of hydrogen-bond donors (Lipinski definition) is 1. The summed E-state index contributed by atoms with van der Waals surface area (Å²) in [6.45, 7) is 2.19. The van der Waals surface area contributed by atoms with Gasteiger partial charge in [-0.2, -0.15) is 0 Å². The molecule has 0 radical (unpaired) electrons. The van der Waals surface area contributed by atoms with Crippen LogP contribution in [0.2, 0.25) is 0 Å². The highest BCUT2D eigenvalue weighted by Gasteiger charge is 2.27. The van der Waals surface area contributed by atoms with Crippen LogP contribution >= 0.6 is 0 Å². The maximum atomic E-state index is 5.81. The van der Waals surface area contributed by atoms with Crippen molar-refractivity contribution in [1.29, 1.82) is 0 Å². The van der Waals surface area contributed by atoms with Crippen LogP contribution in [0.3, 0.4) is 0 Å². The van der Waals surface area contributed by atoms with E-state index in [2.05, 4.69) is 22.4 Å². The molecule has 94 valence electrons. The van der Waals surface area contributed by atoms with E-state index in [1.165, 1.54) is 19.3 Å². The lowest BCUT2D eigenvalue weighted by Crippen LogP contribution is -2.24. The summed E-state index contributed by atoms with van der Waals surface area (Å²) in [4.78, 5) is 0. The predicted molar refractivity (Wildman–Crippen MR) is 69.7 cm³/mol. The third-order valence-corrected chi connectivity index (χ3v) is 3.86. The molecule has 1 heterocycles.